The molecule has 0 saturated heterocycles. The number of nitrogens with zero attached hydrogens (tertiary/aromatic N) is 1. The second kappa shape index (κ2) is 4.69. The first-order chi connectivity index (χ1) is 6.15. The summed E-state index contributed by atoms with van der Waals surface area (Å²) >= 11 is 3.39. The van der Waals surface area contributed by atoms with E-state index in [0.29, 0.717) is 6.42 Å². The third kappa shape index (κ3) is 2.76. The summed E-state index contributed by atoms with van der Waals surface area (Å²) in [6, 6.07) is 1.78. The van der Waals surface area contributed by atoms with Crippen molar-refractivity contribution in [2.75, 3.05) is 6.61 Å². The van der Waals surface area contributed by atoms with E-state index in [1.807, 2.05) is 13.0 Å². The number of nitrogens with two attached hydrogens (primary N) is 1. The quantitative estimate of drug-likeness (QED) is 0.849. The monoisotopic (exact) mass is 244 g/mol. The molecule has 0 bridgehead atoms. The summed E-state index contributed by atoms with van der Waals surface area (Å²) in [5.41, 5.74) is 7.70. The predicted molar refractivity (Wildman–Crippen MR) is 55.3 cm³/mol. The van der Waals surface area contributed by atoms with Crippen LogP contribution in [0.4, 0.5) is 0 Å². The highest BCUT2D eigenvalue weighted by Gasteiger charge is 2.10. The Bertz CT molecular complexity index is 291. The van der Waals surface area contributed by atoms with Gasteiger partial charge in [-0.1, -0.05) is 0 Å². The van der Waals surface area contributed by atoms with Gasteiger partial charge >= 0.3 is 0 Å². The van der Waals surface area contributed by atoms with Crippen molar-refractivity contribution in [1.29, 1.82) is 0 Å². The Morgan fingerprint density at radius 3 is 2.92 bits per heavy atom. The summed E-state index contributed by atoms with van der Waals surface area (Å²) in [4.78, 5) is 4.21. The normalized spacial score (nSPS) is 12.9. The van der Waals surface area contributed by atoms with Crippen LogP contribution in [0.25, 0.3) is 0 Å². The molecule has 13 heavy (non-hydrogen) atoms. The second-order valence-corrected chi connectivity index (χ2v) is 3.85. The van der Waals surface area contributed by atoms with Gasteiger partial charge < -0.3 is 10.8 Å². The Morgan fingerprint density at radius 1 is 1.69 bits per heavy atom. The first kappa shape index (κ1) is 10.6. The van der Waals surface area contributed by atoms with Gasteiger partial charge in [0, 0.05) is 17.3 Å². The van der Waals surface area contributed by atoms with E-state index >= 15 is 0 Å². The van der Waals surface area contributed by atoms with E-state index in [2.05, 4.69) is 20.9 Å². The van der Waals surface area contributed by atoms with Crippen molar-refractivity contribution in [3.05, 3.63) is 28.0 Å². The lowest BCUT2D eigenvalue weighted by atomic mass is 10.1. The molecular formula is C9H13BrN2O. The fourth-order valence-electron chi connectivity index (χ4n) is 1.09. The minimum absolute atomic E-state index is 0.0865. The van der Waals surface area contributed by atoms with Gasteiger partial charge in [0.1, 0.15) is 0 Å². The lowest BCUT2D eigenvalue weighted by Crippen LogP contribution is -2.14. The van der Waals surface area contributed by atoms with Crippen molar-refractivity contribution in [2.24, 2.45) is 5.73 Å². The SMILES string of the molecule is Cc1cnc([C@@H](N)CCO)c(Br)c1. The van der Waals surface area contributed by atoms with Crippen LogP contribution in [-0.2, 0) is 0 Å². The molecule has 0 amide bonds. The van der Waals surface area contributed by atoms with Gasteiger partial charge in [0.2, 0.25) is 0 Å². The molecule has 1 rings (SSSR count). The number of aliphatic hydroxyl groups excluding tert-OH is 1. The minimum atomic E-state index is -0.194. The largest absolute Gasteiger partial charge is 0.396 e. The van der Waals surface area contributed by atoms with Gasteiger partial charge in [0.05, 0.1) is 11.7 Å². The van der Waals surface area contributed by atoms with Crippen LogP contribution in [0.3, 0.4) is 0 Å². The first-order valence-corrected chi connectivity index (χ1v) is 4.93. The van der Waals surface area contributed by atoms with Crippen LogP contribution in [0.2, 0.25) is 0 Å². The van der Waals surface area contributed by atoms with Crippen LogP contribution in [-0.4, -0.2) is 16.7 Å². The van der Waals surface area contributed by atoms with Gasteiger partial charge in [-0.2, -0.15) is 0 Å². The maximum Gasteiger partial charge on any atom is 0.0713 e. The molecule has 0 saturated carbocycles. The van der Waals surface area contributed by atoms with Crippen molar-refractivity contribution < 1.29 is 5.11 Å². The molecule has 0 aliphatic carbocycles. The summed E-state index contributed by atoms with van der Waals surface area (Å²) in [5.74, 6) is 0. The Kier molecular flexibility index (Phi) is 3.84. The van der Waals surface area contributed by atoms with E-state index in [4.69, 9.17) is 10.8 Å². The van der Waals surface area contributed by atoms with E-state index in [9.17, 15) is 0 Å². The molecule has 72 valence electrons. The number of rotatable bonds is 3. The van der Waals surface area contributed by atoms with Gasteiger partial charge in [-0.3, -0.25) is 4.98 Å². The number of aryl methyl sites for hydroxylation is 1. The molecule has 0 aromatic carbocycles. The van der Waals surface area contributed by atoms with E-state index in [-0.39, 0.29) is 12.6 Å². The van der Waals surface area contributed by atoms with E-state index in [1.54, 1.807) is 6.20 Å². The summed E-state index contributed by atoms with van der Waals surface area (Å²) in [6.07, 6.45) is 2.31. The molecule has 1 aromatic rings. The lowest BCUT2D eigenvalue weighted by molar-refractivity contribution is 0.275. The molecule has 3 nitrogen and oxygen atoms in total. The van der Waals surface area contributed by atoms with E-state index in [1.165, 1.54) is 0 Å². The highest BCUT2D eigenvalue weighted by atomic mass is 79.9. The zero-order valence-corrected chi connectivity index (χ0v) is 9.08. The third-order valence-electron chi connectivity index (χ3n) is 1.80. The highest BCUT2D eigenvalue weighted by Crippen LogP contribution is 2.22. The average molecular weight is 245 g/mol. The van der Waals surface area contributed by atoms with Crippen molar-refractivity contribution in [2.45, 2.75) is 19.4 Å². The van der Waals surface area contributed by atoms with Crippen molar-refractivity contribution in [1.82, 2.24) is 4.98 Å². The number of pyridine rings is 1. The number of hydrogen-bond acceptors (Lipinski definition) is 3. The molecule has 1 heterocycles. The zero-order valence-electron chi connectivity index (χ0n) is 7.50. The van der Waals surface area contributed by atoms with Crippen LogP contribution in [0.1, 0.15) is 23.7 Å². The molecule has 0 aliphatic rings. The zero-order chi connectivity index (χ0) is 9.84. The Labute approximate surface area is 86.1 Å². The maximum atomic E-state index is 8.72. The van der Waals surface area contributed by atoms with Gasteiger partial charge in [0.15, 0.2) is 0 Å². The van der Waals surface area contributed by atoms with Crippen molar-refractivity contribution in [3.63, 3.8) is 0 Å². The molecule has 1 aromatic heterocycles. The van der Waals surface area contributed by atoms with Gasteiger partial charge in [-0.15, -0.1) is 0 Å². The summed E-state index contributed by atoms with van der Waals surface area (Å²) < 4.78 is 0.911. The highest BCUT2D eigenvalue weighted by molar-refractivity contribution is 9.10. The van der Waals surface area contributed by atoms with Crippen molar-refractivity contribution in [3.8, 4) is 0 Å². The molecule has 0 spiro atoms. The topological polar surface area (TPSA) is 59.1 Å². The van der Waals surface area contributed by atoms with E-state index < -0.39 is 0 Å². The predicted octanol–water partition coefficient (Wildman–Crippen LogP) is 1.53. The molecule has 3 N–H and O–H groups in total. The van der Waals surface area contributed by atoms with Gasteiger partial charge in [0.25, 0.3) is 0 Å². The molecule has 4 heteroatoms. The number of aromatic nitrogens is 1. The molecule has 0 unspecified atom stereocenters. The maximum absolute atomic E-state index is 8.72. The van der Waals surface area contributed by atoms with Crippen LogP contribution in [0.5, 0.6) is 0 Å². The van der Waals surface area contributed by atoms with Gasteiger partial charge in [-0.25, -0.2) is 0 Å². The average Bonchev–Trinajstić information content (AvgIpc) is 2.04. The third-order valence-corrected chi connectivity index (χ3v) is 2.43. The summed E-state index contributed by atoms with van der Waals surface area (Å²) in [6.45, 7) is 2.06. The van der Waals surface area contributed by atoms with Gasteiger partial charge in [-0.05, 0) is 40.9 Å². The Morgan fingerprint density at radius 2 is 2.38 bits per heavy atom. The lowest BCUT2D eigenvalue weighted by Gasteiger charge is -2.11. The van der Waals surface area contributed by atoms with Crippen LogP contribution < -0.4 is 5.73 Å². The van der Waals surface area contributed by atoms with Crippen LogP contribution in [0.15, 0.2) is 16.7 Å². The molecular weight excluding hydrogens is 232 g/mol. The molecule has 0 radical (unpaired) electrons. The number of aliphatic hydroxyl groups is 1. The fourth-order valence-corrected chi connectivity index (χ4v) is 1.85. The van der Waals surface area contributed by atoms with Crippen LogP contribution in [0, 0.1) is 6.92 Å². The first-order valence-electron chi connectivity index (χ1n) is 4.13. The smallest absolute Gasteiger partial charge is 0.0713 e. The standard InChI is InChI=1S/C9H13BrN2O/c1-6-4-7(10)9(12-5-6)8(11)2-3-13/h4-5,8,13H,2-3,11H2,1H3/t8-/m0/s1. The fraction of sp³-hybridized carbons (Fsp3) is 0.444. The van der Waals surface area contributed by atoms with E-state index in [0.717, 1.165) is 15.7 Å². The summed E-state index contributed by atoms with van der Waals surface area (Å²) in [7, 11) is 0. The Hall–Kier alpha value is -0.450. The molecule has 0 aliphatic heterocycles. The summed E-state index contributed by atoms with van der Waals surface area (Å²) in [5, 5.41) is 8.72. The molecule has 0 fully saturated rings. The second-order valence-electron chi connectivity index (χ2n) is 3.00. The van der Waals surface area contributed by atoms with Crippen molar-refractivity contribution >= 4 is 15.9 Å². The number of halogens is 1. The number of hydrogen-bond donors (Lipinski definition) is 2. The Balaban J connectivity index is 2.88. The van der Waals surface area contributed by atoms with Crippen LogP contribution >= 0.6 is 15.9 Å². The minimum Gasteiger partial charge on any atom is -0.396 e. The molecule has 1 atom stereocenters.